The number of hydrogen-bond donors (Lipinski definition) is 1. The normalized spacial score (nSPS) is 10.5. The lowest BCUT2D eigenvalue weighted by molar-refractivity contribution is 0.439. The van der Waals surface area contributed by atoms with Crippen molar-refractivity contribution in [1.29, 1.82) is 0 Å². The molecule has 0 heterocycles. The van der Waals surface area contributed by atoms with Gasteiger partial charge in [-0.2, -0.15) is 0 Å². The average molecular weight is 259 g/mol. The Morgan fingerprint density at radius 3 is 2.58 bits per heavy atom. The van der Waals surface area contributed by atoms with Gasteiger partial charge in [0.25, 0.3) is 0 Å². The molecule has 0 saturated carbocycles. The lowest BCUT2D eigenvalue weighted by atomic mass is 10.2. The van der Waals surface area contributed by atoms with Crippen LogP contribution in [0.5, 0.6) is 11.5 Å². The second kappa shape index (κ2) is 6.34. The van der Waals surface area contributed by atoms with Gasteiger partial charge in [0.1, 0.15) is 5.75 Å². The molecule has 0 aliphatic heterocycles. The number of benzene rings is 2. The Bertz CT molecular complexity index is 554. The van der Waals surface area contributed by atoms with E-state index in [-0.39, 0.29) is 11.6 Å². The molecule has 0 aliphatic carbocycles. The molecule has 3 heteroatoms. The second-order valence-electron chi connectivity index (χ2n) is 4.41. The molecule has 0 spiro atoms. The van der Waals surface area contributed by atoms with Crippen molar-refractivity contribution in [3.05, 3.63) is 59.4 Å². The number of para-hydroxylation sites is 1. The Kier molecular flexibility index (Phi) is 4.53. The van der Waals surface area contributed by atoms with Gasteiger partial charge in [0.15, 0.2) is 11.6 Å². The zero-order valence-corrected chi connectivity index (χ0v) is 11.2. The molecular weight excluding hydrogens is 241 g/mol. The third-order valence-corrected chi connectivity index (χ3v) is 2.89. The van der Waals surface area contributed by atoms with Crippen LogP contribution in [0.15, 0.2) is 42.5 Å². The number of aryl methyl sites for hydroxylation is 1. The summed E-state index contributed by atoms with van der Waals surface area (Å²) < 4.78 is 19.5. The van der Waals surface area contributed by atoms with E-state index in [0.717, 1.165) is 17.7 Å². The maximum atomic E-state index is 13.9. The van der Waals surface area contributed by atoms with Gasteiger partial charge in [0.05, 0.1) is 0 Å². The molecule has 2 aromatic carbocycles. The predicted octanol–water partition coefficient (Wildman–Crippen LogP) is 4.04. The number of nitrogens with one attached hydrogen (secondary N) is 1. The average Bonchev–Trinajstić information content (AvgIpc) is 2.41. The highest BCUT2D eigenvalue weighted by Gasteiger charge is 2.07. The van der Waals surface area contributed by atoms with E-state index in [0.29, 0.717) is 12.3 Å². The van der Waals surface area contributed by atoms with Crippen LogP contribution in [-0.2, 0) is 6.54 Å². The Balaban J connectivity index is 2.15. The highest BCUT2D eigenvalue weighted by Crippen LogP contribution is 2.27. The fourth-order valence-electron chi connectivity index (χ4n) is 1.80. The van der Waals surface area contributed by atoms with E-state index in [1.165, 1.54) is 6.07 Å². The van der Waals surface area contributed by atoms with Crippen molar-refractivity contribution in [3.8, 4) is 11.5 Å². The first kappa shape index (κ1) is 13.6. The number of rotatable bonds is 5. The zero-order chi connectivity index (χ0) is 13.7. The quantitative estimate of drug-likeness (QED) is 0.875. The lowest BCUT2D eigenvalue weighted by Crippen LogP contribution is -2.11. The van der Waals surface area contributed by atoms with Gasteiger partial charge in [-0.1, -0.05) is 31.2 Å². The molecule has 0 bridgehead atoms. The third-order valence-electron chi connectivity index (χ3n) is 2.89. The molecule has 0 atom stereocenters. The van der Waals surface area contributed by atoms with Crippen molar-refractivity contribution in [1.82, 2.24) is 5.32 Å². The minimum absolute atomic E-state index is 0.259. The summed E-state index contributed by atoms with van der Waals surface area (Å²) in [5.41, 5.74) is 1.90. The largest absolute Gasteiger partial charge is 0.454 e. The molecule has 0 amide bonds. The Hall–Kier alpha value is -1.87. The molecule has 2 aromatic rings. The van der Waals surface area contributed by atoms with Crippen molar-refractivity contribution >= 4 is 0 Å². The van der Waals surface area contributed by atoms with Crippen molar-refractivity contribution < 1.29 is 9.13 Å². The summed E-state index contributed by atoms with van der Waals surface area (Å²) >= 11 is 0. The lowest BCUT2D eigenvalue weighted by Gasteiger charge is -2.10. The van der Waals surface area contributed by atoms with Crippen molar-refractivity contribution in [2.24, 2.45) is 0 Å². The van der Waals surface area contributed by atoms with Crippen molar-refractivity contribution in [3.63, 3.8) is 0 Å². The van der Waals surface area contributed by atoms with E-state index in [1.54, 1.807) is 6.07 Å². The fourth-order valence-corrected chi connectivity index (χ4v) is 1.80. The van der Waals surface area contributed by atoms with E-state index < -0.39 is 0 Å². The van der Waals surface area contributed by atoms with Crippen LogP contribution in [-0.4, -0.2) is 6.54 Å². The van der Waals surface area contributed by atoms with Gasteiger partial charge in [-0.25, -0.2) is 4.39 Å². The summed E-state index contributed by atoms with van der Waals surface area (Å²) in [6.45, 7) is 5.49. The van der Waals surface area contributed by atoms with E-state index in [2.05, 4.69) is 5.32 Å². The Labute approximate surface area is 113 Å². The topological polar surface area (TPSA) is 21.3 Å². The van der Waals surface area contributed by atoms with Gasteiger partial charge < -0.3 is 10.1 Å². The Morgan fingerprint density at radius 1 is 1.11 bits per heavy atom. The maximum absolute atomic E-state index is 13.9. The molecule has 0 aromatic heterocycles. The second-order valence-corrected chi connectivity index (χ2v) is 4.41. The molecule has 0 fully saturated rings. The van der Waals surface area contributed by atoms with Crippen LogP contribution in [0.1, 0.15) is 18.1 Å². The summed E-state index contributed by atoms with van der Waals surface area (Å²) in [6, 6.07) is 12.6. The molecule has 100 valence electrons. The Morgan fingerprint density at radius 2 is 1.89 bits per heavy atom. The minimum atomic E-state index is -0.335. The van der Waals surface area contributed by atoms with Crippen LogP contribution in [0, 0.1) is 12.7 Å². The van der Waals surface area contributed by atoms with E-state index in [1.807, 2.05) is 44.2 Å². The van der Waals surface area contributed by atoms with Gasteiger partial charge in [-0.15, -0.1) is 0 Å². The molecule has 19 heavy (non-hydrogen) atoms. The molecule has 1 N–H and O–H groups in total. The molecule has 0 radical (unpaired) electrons. The molecule has 2 rings (SSSR count). The SMILES string of the molecule is CCNCc1ccc(Oc2ccccc2C)c(F)c1. The monoisotopic (exact) mass is 259 g/mol. The zero-order valence-electron chi connectivity index (χ0n) is 11.2. The summed E-state index contributed by atoms with van der Waals surface area (Å²) in [7, 11) is 0. The van der Waals surface area contributed by atoms with Crippen molar-refractivity contribution in [2.75, 3.05) is 6.54 Å². The van der Waals surface area contributed by atoms with E-state index >= 15 is 0 Å². The summed E-state index contributed by atoms with van der Waals surface area (Å²) in [5, 5.41) is 3.16. The third kappa shape index (κ3) is 3.55. The summed E-state index contributed by atoms with van der Waals surface area (Å²) in [4.78, 5) is 0. The van der Waals surface area contributed by atoms with Crippen LogP contribution in [0.4, 0.5) is 4.39 Å². The van der Waals surface area contributed by atoms with Gasteiger partial charge in [-0.3, -0.25) is 0 Å². The number of ether oxygens (including phenoxy) is 1. The summed E-state index contributed by atoms with van der Waals surface area (Å²) in [6.07, 6.45) is 0. The highest BCUT2D eigenvalue weighted by molar-refractivity contribution is 5.38. The molecule has 0 unspecified atom stereocenters. The van der Waals surface area contributed by atoms with E-state index in [9.17, 15) is 4.39 Å². The first-order valence-electron chi connectivity index (χ1n) is 6.43. The van der Waals surface area contributed by atoms with E-state index in [4.69, 9.17) is 4.74 Å². The highest BCUT2D eigenvalue weighted by atomic mass is 19.1. The molecule has 2 nitrogen and oxygen atoms in total. The maximum Gasteiger partial charge on any atom is 0.166 e. The summed E-state index contributed by atoms with van der Waals surface area (Å²) in [5.74, 6) is 0.606. The molecule has 0 aliphatic rings. The number of hydrogen-bond acceptors (Lipinski definition) is 2. The standard InChI is InChI=1S/C16H18FNO/c1-3-18-11-13-8-9-16(14(17)10-13)19-15-7-5-4-6-12(15)2/h4-10,18H,3,11H2,1-2H3. The van der Waals surface area contributed by atoms with Crippen molar-refractivity contribution in [2.45, 2.75) is 20.4 Å². The minimum Gasteiger partial charge on any atom is -0.454 e. The van der Waals surface area contributed by atoms with Gasteiger partial charge in [-0.05, 0) is 42.8 Å². The number of halogens is 1. The molecule has 0 saturated heterocycles. The van der Waals surface area contributed by atoms with Crippen LogP contribution in [0.3, 0.4) is 0 Å². The van der Waals surface area contributed by atoms with Gasteiger partial charge in [0.2, 0.25) is 0 Å². The van der Waals surface area contributed by atoms with Gasteiger partial charge >= 0.3 is 0 Å². The fraction of sp³-hybridized carbons (Fsp3) is 0.250. The smallest absolute Gasteiger partial charge is 0.166 e. The van der Waals surface area contributed by atoms with Gasteiger partial charge in [0, 0.05) is 6.54 Å². The van der Waals surface area contributed by atoms with Crippen LogP contribution >= 0.6 is 0 Å². The first-order valence-corrected chi connectivity index (χ1v) is 6.43. The predicted molar refractivity (Wildman–Crippen MR) is 75.0 cm³/mol. The molecular formula is C16H18FNO. The first-order chi connectivity index (χ1) is 9.20. The van der Waals surface area contributed by atoms with Crippen LogP contribution < -0.4 is 10.1 Å². The van der Waals surface area contributed by atoms with Crippen LogP contribution in [0.25, 0.3) is 0 Å². The van der Waals surface area contributed by atoms with Crippen LogP contribution in [0.2, 0.25) is 0 Å².